The molecule has 0 aliphatic rings. The number of hydrogen-bond acceptors (Lipinski definition) is 4. The highest BCUT2D eigenvalue weighted by Gasteiger charge is 2.04. The molecule has 0 fully saturated rings. The molecule has 0 amide bonds. The summed E-state index contributed by atoms with van der Waals surface area (Å²) in [5.41, 5.74) is 0.845. The summed E-state index contributed by atoms with van der Waals surface area (Å²) in [5, 5.41) is 17.2. The van der Waals surface area contributed by atoms with Crippen molar-refractivity contribution in [2.75, 3.05) is 13.6 Å². The fourth-order valence-corrected chi connectivity index (χ4v) is 1.32. The van der Waals surface area contributed by atoms with E-state index in [1.54, 1.807) is 13.0 Å². The van der Waals surface area contributed by atoms with E-state index in [0.717, 1.165) is 5.69 Å². The molecule has 78 valence electrons. The maximum absolute atomic E-state index is 9.15. The zero-order chi connectivity index (χ0) is 10.6. The van der Waals surface area contributed by atoms with Gasteiger partial charge in [0.1, 0.15) is 0 Å². The summed E-state index contributed by atoms with van der Waals surface area (Å²) in [6.45, 7) is 3.03. The van der Waals surface area contributed by atoms with Gasteiger partial charge in [-0.05, 0) is 26.1 Å². The molecule has 0 saturated carbocycles. The van der Waals surface area contributed by atoms with Crippen molar-refractivity contribution in [1.82, 2.24) is 15.1 Å². The van der Waals surface area contributed by atoms with Gasteiger partial charge in [0, 0.05) is 13.1 Å². The molecule has 1 atom stereocenters. The fourth-order valence-electron chi connectivity index (χ4n) is 1.22. The van der Waals surface area contributed by atoms with Gasteiger partial charge in [-0.1, -0.05) is 11.6 Å². The lowest BCUT2D eigenvalue weighted by atomic mass is 10.3. The maximum Gasteiger partial charge on any atom is 0.151 e. The normalized spacial score (nSPS) is 13.2. The summed E-state index contributed by atoms with van der Waals surface area (Å²) in [4.78, 5) is 1.97. The molecule has 1 aromatic rings. The molecular formula is C9H14ClN3O. The van der Waals surface area contributed by atoms with E-state index in [1.165, 1.54) is 0 Å². The lowest BCUT2D eigenvalue weighted by Gasteiger charge is -2.17. The highest BCUT2D eigenvalue weighted by atomic mass is 35.5. The molecule has 0 radical (unpaired) electrons. The van der Waals surface area contributed by atoms with Gasteiger partial charge in [-0.25, -0.2) is 0 Å². The topological polar surface area (TPSA) is 49.2 Å². The van der Waals surface area contributed by atoms with Gasteiger partial charge in [-0.15, -0.1) is 5.10 Å². The molecule has 0 aromatic carbocycles. The second kappa shape index (κ2) is 5.24. The van der Waals surface area contributed by atoms with Crippen LogP contribution >= 0.6 is 11.6 Å². The van der Waals surface area contributed by atoms with Crippen molar-refractivity contribution in [3.8, 4) is 0 Å². The first-order chi connectivity index (χ1) is 6.58. The van der Waals surface area contributed by atoms with Crippen LogP contribution in [0.1, 0.15) is 12.6 Å². The van der Waals surface area contributed by atoms with Crippen molar-refractivity contribution in [1.29, 1.82) is 0 Å². The van der Waals surface area contributed by atoms with Gasteiger partial charge in [0.15, 0.2) is 5.15 Å². The van der Waals surface area contributed by atoms with Crippen molar-refractivity contribution in [3.63, 3.8) is 0 Å². The molecule has 14 heavy (non-hydrogen) atoms. The van der Waals surface area contributed by atoms with E-state index in [0.29, 0.717) is 18.2 Å². The first-order valence-corrected chi connectivity index (χ1v) is 4.80. The summed E-state index contributed by atoms with van der Waals surface area (Å²) in [5.74, 6) is 0. The number of aliphatic hydroxyl groups excluding tert-OH is 1. The van der Waals surface area contributed by atoms with Crippen LogP contribution in [0.2, 0.25) is 5.15 Å². The second-order valence-corrected chi connectivity index (χ2v) is 3.78. The molecule has 0 aliphatic heterocycles. The van der Waals surface area contributed by atoms with Crippen molar-refractivity contribution in [2.45, 2.75) is 19.6 Å². The molecule has 5 heteroatoms. The molecule has 1 heterocycles. The fraction of sp³-hybridized carbons (Fsp3) is 0.556. The molecule has 1 rings (SSSR count). The van der Waals surface area contributed by atoms with Crippen LogP contribution in [0.5, 0.6) is 0 Å². The highest BCUT2D eigenvalue weighted by Crippen LogP contribution is 2.04. The van der Waals surface area contributed by atoms with Gasteiger partial charge in [0.05, 0.1) is 11.8 Å². The molecule has 1 unspecified atom stereocenters. The summed E-state index contributed by atoms with van der Waals surface area (Å²) in [7, 11) is 1.92. The minimum absolute atomic E-state index is 0.333. The van der Waals surface area contributed by atoms with Crippen LogP contribution < -0.4 is 0 Å². The lowest BCUT2D eigenvalue weighted by Crippen LogP contribution is -2.27. The smallest absolute Gasteiger partial charge is 0.151 e. The van der Waals surface area contributed by atoms with Crippen LogP contribution in [0.4, 0.5) is 0 Å². The average molecular weight is 216 g/mol. The number of halogens is 1. The zero-order valence-corrected chi connectivity index (χ0v) is 9.07. The van der Waals surface area contributed by atoms with E-state index in [4.69, 9.17) is 16.7 Å². The van der Waals surface area contributed by atoms with Crippen LogP contribution in [0.3, 0.4) is 0 Å². The number of aromatic nitrogens is 2. The monoisotopic (exact) mass is 215 g/mol. The third kappa shape index (κ3) is 4.00. The number of nitrogens with zero attached hydrogens (tertiary/aromatic N) is 3. The number of aliphatic hydroxyl groups is 1. The van der Waals surface area contributed by atoms with Crippen molar-refractivity contribution < 1.29 is 5.11 Å². The molecule has 1 N–H and O–H groups in total. The Morgan fingerprint density at radius 3 is 2.71 bits per heavy atom. The van der Waals surface area contributed by atoms with Gasteiger partial charge in [0.25, 0.3) is 0 Å². The van der Waals surface area contributed by atoms with Crippen LogP contribution in [0.15, 0.2) is 12.1 Å². The molecule has 0 aliphatic carbocycles. The summed E-state index contributed by atoms with van der Waals surface area (Å²) in [6, 6.07) is 3.54. The summed E-state index contributed by atoms with van der Waals surface area (Å²) >= 11 is 5.61. The minimum atomic E-state index is -0.333. The Bertz CT molecular complexity index is 276. The van der Waals surface area contributed by atoms with E-state index >= 15 is 0 Å². The van der Waals surface area contributed by atoms with Gasteiger partial charge in [-0.3, -0.25) is 4.90 Å². The summed E-state index contributed by atoms with van der Waals surface area (Å²) in [6.07, 6.45) is -0.333. The molecule has 1 aromatic heterocycles. The largest absolute Gasteiger partial charge is 0.392 e. The Balaban J connectivity index is 2.47. The standard InChI is InChI=1S/C9H14ClN3O/c1-7(14)5-13(2)6-8-3-4-9(10)12-11-8/h3-4,7,14H,5-6H2,1-2H3. The Morgan fingerprint density at radius 1 is 1.50 bits per heavy atom. The van der Waals surface area contributed by atoms with E-state index < -0.39 is 0 Å². The Hall–Kier alpha value is -0.710. The van der Waals surface area contributed by atoms with E-state index in [-0.39, 0.29) is 6.10 Å². The van der Waals surface area contributed by atoms with Crippen molar-refractivity contribution >= 4 is 11.6 Å². The van der Waals surface area contributed by atoms with E-state index in [2.05, 4.69) is 10.2 Å². The second-order valence-electron chi connectivity index (χ2n) is 3.39. The predicted molar refractivity (Wildman–Crippen MR) is 55.1 cm³/mol. The SMILES string of the molecule is CC(O)CN(C)Cc1ccc(Cl)nn1. The van der Waals surface area contributed by atoms with Gasteiger partial charge >= 0.3 is 0 Å². The minimum Gasteiger partial charge on any atom is -0.392 e. The first-order valence-electron chi connectivity index (χ1n) is 4.42. The highest BCUT2D eigenvalue weighted by molar-refractivity contribution is 6.29. The molecule has 0 saturated heterocycles. The molecular weight excluding hydrogens is 202 g/mol. The van der Waals surface area contributed by atoms with Gasteiger partial charge in [-0.2, -0.15) is 5.10 Å². The number of hydrogen-bond donors (Lipinski definition) is 1. The molecule has 0 bridgehead atoms. The van der Waals surface area contributed by atoms with Crippen LogP contribution in [-0.4, -0.2) is 39.9 Å². The predicted octanol–water partition coefficient (Wildman–Crippen LogP) is 0.943. The van der Waals surface area contributed by atoms with E-state index in [1.807, 2.05) is 18.0 Å². The van der Waals surface area contributed by atoms with Crippen molar-refractivity contribution in [2.24, 2.45) is 0 Å². The quantitative estimate of drug-likeness (QED) is 0.813. The first kappa shape index (κ1) is 11.4. The number of likely N-dealkylation sites (N-methyl/N-ethyl adjacent to an activating group) is 1. The number of rotatable bonds is 4. The summed E-state index contributed by atoms with van der Waals surface area (Å²) < 4.78 is 0. The molecule has 0 spiro atoms. The van der Waals surface area contributed by atoms with E-state index in [9.17, 15) is 0 Å². The van der Waals surface area contributed by atoms with Crippen LogP contribution in [-0.2, 0) is 6.54 Å². The zero-order valence-electron chi connectivity index (χ0n) is 8.31. The lowest BCUT2D eigenvalue weighted by molar-refractivity contribution is 0.137. The van der Waals surface area contributed by atoms with Gasteiger partial charge in [0.2, 0.25) is 0 Å². The third-order valence-corrected chi connectivity index (χ3v) is 1.90. The average Bonchev–Trinajstić information content (AvgIpc) is 2.07. The van der Waals surface area contributed by atoms with Crippen LogP contribution in [0, 0.1) is 0 Å². The third-order valence-electron chi connectivity index (χ3n) is 1.70. The van der Waals surface area contributed by atoms with Crippen LogP contribution in [0.25, 0.3) is 0 Å². The Kier molecular flexibility index (Phi) is 4.25. The molecule has 4 nitrogen and oxygen atoms in total. The van der Waals surface area contributed by atoms with Gasteiger partial charge < -0.3 is 5.11 Å². The van der Waals surface area contributed by atoms with Crippen molar-refractivity contribution in [3.05, 3.63) is 23.0 Å². The maximum atomic E-state index is 9.15. The Morgan fingerprint density at radius 2 is 2.21 bits per heavy atom. The Labute approximate surface area is 88.5 Å².